The molecule has 24 heavy (non-hydrogen) atoms. The van der Waals surface area contributed by atoms with Crippen molar-refractivity contribution in [3.63, 3.8) is 0 Å². The lowest BCUT2D eigenvalue weighted by molar-refractivity contribution is -0.132. The van der Waals surface area contributed by atoms with Crippen LogP contribution in [-0.4, -0.2) is 52.0 Å². The van der Waals surface area contributed by atoms with Gasteiger partial charge in [0.05, 0.1) is 17.7 Å². The molecule has 0 radical (unpaired) electrons. The number of fused-ring (bicyclic) bond motifs is 1. The molecule has 1 aromatic carbocycles. The third-order valence-electron chi connectivity index (χ3n) is 4.40. The molecule has 1 aliphatic rings. The highest BCUT2D eigenvalue weighted by Gasteiger charge is 2.30. The molecule has 7 nitrogen and oxygen atoms in total. The van der Waals surface area contributed by atoms with Gasteiger partial charge in [-0.2, -0.15) is 0 Å². The number of hydrogen-bond acceptors (Lipinski definition) is 4. The summed E-state index contributed by atoms with van der Waals surface area (Å²) in [6.07, 6.45) is 1.05. The minimum Gasteiger partial charge on any atom is -0.389 e. The molecule has 1 saturated heterocycles. The Labute approximate surface area is 138 Å². The van der Waals surface area contributed by atoms with E-state index in [4.69, 9.17) is 0 Å². The maximum Gasteiger partial charge on any atom is 0.255 e. The molecule has 0 aliphatic carbocycles. The number of aromatic amines is 1. The highest BCUT2D eigenvalue weighted by molar-refractivity contribution is 6.06. The van der Waals surface area contributed by atoms with Gasteiger partial charge in [0.1, 0.15) is 0 Å². The minimum atomic E-state index is -0.819. The maximum atomic E-state index is 12.6. The minimum absolute atomic E-state index is 0.0922. The van der Waals surface area contributed by atoms with E-state index in [1.165, 1.54) is 13.1 Å². The Hall–Kier alpha value is -2.67. The van der Waals surface area contributed by atoms with Gasteiger partial charge < -0.3 is 20.3 Å². The summed E-state index contributed by atoms with van der Waals surface area (Å²) in [4.78, 5) is 39.9. The van der Waals surface area contributed by atoms with Gasteiger partial charge in [-0.3, -0.25) is 14.4 Å². The van der Waals surface area contributed by atoms with Crippen LogP contribution in [0.2, 0.25) is 0 Å². The van der Waals surface area contributed by atoms with E-state index in [1.54, 1.807) is 29.2 Å². The molecule has 2 heterocycles. The van der Waals surface area contributed by atoms with Crippen LogP contribution in [-0.2, 0) is 4.79 Å². The number of β-amino-alcohol motifs (C(OH)–C–C–N with tert-alkyl or cyclic N) is 1. The predicted molar refractivity (Wildman–Crippen MR) is 88.7 cm³/mol. The molecular formula is C17H19N3O4. The third-order valence-corrected chi connectivity index (χ3v) is 4.40. The largest absolute Gasteiger partial charge is 0.389 e. The van der Waals surface area contributed by atoms with Gasteiger partial charge in [-0.25, -0.2) is 0 Å². The molecule has 126 valence electrons. The lowest BCUT2D eigenvalue weighted by Gasteiger charge is -2.35. The quantitative estimate of drug-likeness (QED) is 0.734. The number of pyridine rings is 1. The monoisotopic (exact) mass is 329 g/mol. The highest BCUT2D eigenvalue weighted by Crippen LogP contribution is 2.16. The average Bonchev–Trinajstić information content (AvgIpc) is 2.57. The molecule has 2 amide bonds. The molecule has 0 saturated carbocycles. The number of carbonyl (C=O) groups excluding carboxylic acids is 2. The number of aliphatic hydroxyl groups excluding tert-OH is 1. The van der Waals surface area contributed by atoms with Crippen LogP contribution in [0.1, 0.15) is 23.7 Å². The number of carbonyl (C=O) groups is 2. The van der Waals surface area contributed by atoms with E-state index in [-0.39, 0.29) is 23.9 Å². The van der Waals surface area contributed by atoms with Crippen LogP contribution in [0.4, 0.5) is 0 Å². The normalized spacial score (nSPS) is 20.8. The fraction of sp³-hybridized carbons (Fsp3) is 0.353. The Balaban J connectivity index is 1.80. The molecule has 1 aliphatic heterocycles. The van der Waals surface area contributed by atoms with Gasteiger partial charge >= 0.3 is 0 Å². The zero-order valence-electron chi connectivity index (χ0n) is 13.3. The lowest BCUT2D eigenvalue weighted by Crippen LogP contribution is -2.55. The van der Waals surface area contributed by atoms with Crippen molar-refractivity contribution in [1.82, 2.24) is 15.2 Å². The van der Waals surface area contributed by atoms with E-state index in [0.29, 0.717) is 29.3 Å². The summed E-state index contributed by atoms with van der Waals surface area (Å²) in [6, 6.07) is 6.44. The SMILES string of the molecule is CC(=O)N1CC[C@@H](NC(=O)c2c[nH]c(=O)c3ccccc23)[C@H](O)C1. The smallest absolute Gasteiger partial charge is 0.255 e. The molecule has 3 rings (SSSR count). The molecule has 1 aromatic heterocycles. The van der Waals surface area contributed by atoms with Crippen molar-refractivity contribution < 1.29 is 14.7 Å². The van der Waals surface area contributed by atoms with Crippen molar-refractivity contribution in [3.8, 4) is 0 Å². The van der Waals surface area contributed by atoms with Gasteiger partial charge in [-0.15, -0.1) is 0 Å². The van der Waals surface area contributed by atoms with E-state index < -0.39 is 12.1 Å². The Morgan fingerprint density at radius 1 is 1.29 bits per heavy atom. The number of likely N-dealkylation sites (tertiary alicyclic amines) is 1. The predicted octanol–water partition coefficient (Wildman–Crippen LogP) is 0.240. The van der Waals surface area contributed by atoms with E-state index in [1.807, 2.05) is 0 Å². The summed E-state index contributed by atoms with van der Waals surface area (Å²) in [5.41, 5.74) is 0.100. The van der Waals surface area contributed by atoms with Crippen molar-refractivity contribution in [2.24, 2.45) is 0 Å². The summed E-state index contributed by atoms with van der Waals surface area (Å²) in [6.45, 7) is 2.15. The zero-order valence-corrected chi connectivity index (χ0v) is 13.3. The fourth-order valence-electron chi connectivity index (χ4n) is 3.03. The Morgan fingerprint density at radius 3 is 2.67 bits per heavy atom. The summed E-state index contributed by atoms with van der Waals surface area (Å²) in [7, 11) is 0. The van der Waals surface area contributed by atoms with Gasteiger partial charge in [-0.1, -0.05) is 18.2 Å². The van der Waals surface area contributed by atoms with Crippen LogP contribution >= 0.6 is 0 Å². The van der Waals surface area contributed by atoms with E-state index >= 15 is 0 Å². The second kappa shape index (κ2) is 6.45. The summed E-state index contributed by atoms with van der Waals surface area (Å²) < 4.78 is 0. The summed E-state index contributed by atoms with van der Waals surface area (Å²) >= 11 is 0. The molecule has 7 heteroatoms. The molecule has 0 unspecified atom stereocenters. The van der Waals surface area contributed by atoms with E-state index in [0.717, 1.165) is 0 Å². The number of amides is 2. The molecule has 1 fully saturated rings. The maximum absolute atomic E-state index is 12.6. The van der Waals surface area contributed by atoms with E-state index in [2.05, 4.69) is 10.3 Å². The molecular weight excluding hydrogens is 310 g/mol. The molecule has 0 spiro atoms. The Morgan fingerprint density at radius 2 is 2.00 bits per heavy atom. The van der Waals surface area contributed by atoms with Crippen LogP contribution in [0.5, 0.6) is 0 Å². The first-order valence-electron chi connectivity index (χ1n) is 7.82. The highest BCUT2D eigenvalue weighted by atomic mass is 16.3. The van der Waals surface area contributed by atoms with Crippen molar-refractivity contribution in [2.45, 2.75) is 25.5 Å². The van der Waals surface area contributed by atoms with Crippen LogP contribution < -0.4 is 10.9 Å². The number of H-pyrrole nitrogens is 1. The van der Waals surface area contributed by atoms with Gasteiger partial charge in [0.25, 0.3) is 11.5 Å². The Bertz CT molecular complexity index is 845. The molecule has 2 aromatic rings. The number of rotatable bonds is 2. The number of aliphatic hydroxyl groups is 1. The van der Waals surface area contributed by atoms with Crippen molar-refractivity contribution in [3.05, 3.63) is 46.4 Å². The summed E-state index contributed by atoms with van der Waals surface area (Å²) in [5, 5.41) is 14.0. The number of benzene rings is 1. The Kier molecular flexibility index (Phi) is 4.35. The van der Waals surface area contributed by atoms with Gasteiger partial charge in [-0.05, 0) is 12.5 Å². The first kappa shape index (κ1) is 16.2. The van der Waals surface area contributed by atoms with Crippen LogP contribution in [0.3, 0.4) is 0 Å². The number of hydrogen-bond donors (Lipinski definition) is 3. The standard InChI is InChI=1S/C17H19N3O4/c1-10(21)20-7-6-14(15(22)9-20)19-17(24)13-8-18-16(23)12-5-3-2-4-11(12)13/h2-5,8,14-15,22H,6-7,9H2,1H3,(H,18,23)(H,19,24)/t14-,15-/m1/s1. The first-order valence-corrected chi connectivity index (χ1v) is 7.82. The topological polar surface area (TPSA) is 103 Å². The second-order valence-corrected chi connectivity index (χ2v) is 5.98. The first-order chi connectivity index (χ1) is 11.5. The van der Waals surface area contributed by atoms with Crippen molar-refractivity contribution in [2.75, 3.05) is 13.1 Å². The van der Waals surface area contributed by atoms with Crippen molar-refractivity contribution in [1.29, 1.82) is 0 Å². The zero-order chi connectivity index (χ0) is 17.3. The number of aromatic nitrogens is 1. The van der Waals surface area contributed by atoms with Gasteiger partial charge in [0.2, 0.25) is 5.91 Å². The summed E-state index contributed by atoms with van der Waals surface area (Å²) in [5.74, 6) is -0.451. The van der Waals surface area contributed by atoms with Gasteiger partial charge in [0, 0.05) is 37.0 Å². The van der Waals surface area contributed by atoms with Crippen LogP contribution in [0.25, 0.3) is 10.8 Å². The third kappa shape index (κ3) is 3.03. The second-order valence-electron chi connectivity index (χ2n) is 5.98. The van der Waals surface area contributed by atoms with Gasteiger partial charge in [0.15, 0.2) is 0 Å². The van der Waals surface area contributed by atoms with Crippen LogP contribution in [0.15, 0.2) is 35.3 Å². The molecule has 0 bridgehead atoms. The van der Waals surface area contributed by atoms with E-state index in [9.17, 15) is 19.5 Å². The molecule has 2 atom stereocenters. The molecule has 3 N–H and O–H groups in total. The lowest BCUT2D eigenvalue weighted by atomic mass is 10.0. The number of nitrogens with zero attached hydrogens (tertiary/aromatic N) is 1. The fourth-order valence-corrected chi connectivity index (χ4v) is 3.03. The number of nitrogens with one attached hydrogen (secondary N) is 2. The average molecular weight is 329 g/mol. The van der Waals surface area contributed by atoms with Crippen molar-refractivity contribution >= 4 is 22.6 Å². The van der Waals surface area contributed by atoms with Crippen LogP contribution in [0, 0.1) is 0 Å². The number of piperidine rings is 1.